The van der Waals surface area contributed by atoms with Gasteiger partial charge >= 0.3 is 0 Å². The Morgan fingerprint density at radius 2 is 1.95 bits per heavy atom. The standard InChI is InChI=1S/C32H31ClN8O2/c1-19-5-3-8-28(21-6-4-7-22(13-21)31-26(36-32(19)43)16-35-39(31)2)40-18-34-25(15-30(40)42)24-14-23(33)11-12-29(24)41-17-27(37-38-41)20-9-10-20/h4,6-7,11-20,28H,3,5,8-10H2,1-2H3,(H,36,43)/t19-,28+/m1/s1/i2D3. The molecule has 4 heterocycles. The summed E-state index contributed by atoms with van der Waals surface area (Å²) < 4.78 is 28.3. The van der Waals surface area contributed by atoms with Gasteiger partial charge in [-0.05, 0) is 55.5 Å². The van der Waals surface area contributed by atoms with E-state index in [-0.39, 0.29) is 23.1 Å². The van der Waals surface area contributed by atoms with Crippen LogP contribution in [0, 0.1) is 5.92 Å². The third-order valence-electron chi connectivity index (χ3n) is 8.29. The van der Waals surface area contributed by atoms with Gasteiger partial charge in [-0.3, -0.25) is 18.8 Å². The maximum atomic E-state index is 13.9. The topological polar surface area (TPSA) is 113 Å². The molecule has 5 aromatic rings. The van der Waals surface area contributed by atoms with Crippen LogP contribution in [0.3, 0.4) is 0 Å². The molecule has 7 rings (SSSR count). The Balaban J connectivity index is 1.30. The number of rotatable bonds is 4. The Bertz CT molecular complexity index is 2010. The van der Waals surface area contributed by atoms with Crippen molar-refractivity contribution >= 4 is 23.2 Å². The molecule has 3 aromatic heterocycles. The second-order valence-corrected chi connectivity index (χ2v) is 11.8. The van der Waals surface area contributed by atoms with Crippen LogP contribution in [0.15, 0.2) is 72.0 Å². The molecule has 11 heteroatoms. The molecule has 10 nitrogen and oxygen atoms in total. The predicted octanol–water partition coefficient (Wildman–Crippen LogP) is 5.77. The lowest BCUT2D eigenvalue weighted by Gasteiger charge is -2.23. The SMILES string of the molecule is [2H]C([2H])([2H])n1ncc2c1-c1cccc(c1)[C@@H](n1cnc(-c3cc(Cl)ccc3-n3cc(C4CC4)nn3)cc1=O)CCC[C@@H](C)C(=O)N2. The number of nitrogens with zero attached hydrogens (tertiary/aromatic N) is 7. The maximum absolute atomic E-state index is 13.9. The van der Waals surface area contributed by atoms with E-state index in [1.807, 2.05) is 37.4 Å². The van der Waals surface area contributed by atoms with Gasteiger partial charge in [0.15, 0.2) is 0 Å². The van der Waals surface area contributed by atoms with E-state index >= 15 is 0 Å². The van der Waals surface area contributed by atoms with E-state index in [2.05, 4.69) is 20.7 Å². The van der Waals surface area contributed by atoms with Crippen LogP contribution in [-0.2, 0) is 11.8 Å². The fourth-order valence-corrected chi connectivity index (χ4v) is 5.92. The monoisotopic (exact) mass is 597 g/mol. The lowest BCUT2D eigenvalue weighted by Crippen LogP contribution is -2.26. The van der Waals surface area contributed by atoms with Gasteiger partial charge in [0.25, 0.3) is 5.56 Å². The first-order valence-corrected chi connectivity index (χ1v) is 14.7. The Kier molecular flexibility index (Phi) is 6.08. The van der Waals surface area contributed by atoms with Gasteiger partial charge in [0.2, 0.25) is 5.91 Å². The normalized spacial score (nSPS) is 20.1. The molecule has 2 atom stereocenters. The zero-order chi connectivity index (χ0) is 32.2. The van der Waals surface area contributed by atoms with Crippen molar-refractivity contribution in [3.8, 4) is 28.2 Å². The summed E-state index contributed by atoms with van der Waals surface area (Å²) in [6.07, 6.45) is 8.80. The van der Waals surface area contributed by atoms with Crippen LogP contribution in [0.2, 0.25) is 5.02 Å². The van der Waals surface area contributed by atoms with Crippen molar-refractivity contribution in [2.24, 2.45) is 12.9 Å². The van der Waals surface area contributed by atoms with Gasteiger partial charge in [0.05, 0.1) is 53.2 Å². The van der Waals surface area contributed by atoms with E-state index in [0.717, 1.165) is 28.8 Å². The predicted molar refractivity (Wildman–Crippen MR) is 164 cm³/mol. The first-order valence-electron chi connectivity index (χ1n) is 15.9. The number of hydrogen-bond acceptors (Lipinski definition) is 6. The summed E-state index contributed by atoms with van der Waals surface area (Å²) in [5, 5.41) is 16.1. The summed E-state index contributed by atoms with van der Waals surface area (Å²) in [6, 6.07) is 13.8. The number of nitrogens with one attached hydrogen (secondary N) is 1. The maximum Gasteiger partial charge on any atom is 0.254 e. The van der Waals surface area contributed by atoms with Gasteiger partial charge in [-0.1, -0.05) is 48.4 Å². The first-order chi connectivity index (χ1) is 22.1. The summed E-state index contributed by atoms with van der Waals surface area (Å²) in [7, 11) is 0. The van der Waals surface area contributed by atoms with Crippen LogP contribution < -0.4 is 10.9 Å². The molecule has 1 N–H and O–H groups in total. The minimum Gasteiger partial charge on any atom is -0.323 e. The van der Waals surface area contributed by atoms with E-state index in [1.54, 1.807) is 27.4 Å². The Labute approximate surface area is 257 Å². The number of anilines is 1. The molecule has 43 heavy (non-hydrogen) atoms. The molecular formula is C32H31ClN8O2. The van der Waals surface area contributed by atoms with Crippen molar-refractivity contribution in [1.29, 1.82) is 0 Å². The minimum absolute atomic E-state index is 0.225. The van der Waals surface area contributed by atoms with Crippen LogP contribution in [0.1, 0.15) is 66.4 Å². The number of halogens is 1. The van der Waals surface area contributed by atoms with E-state index < -0.39 is 13.0 Å². The van der Waals surface area contributed by atoms with Crippen molar-refractivity contribution < 1.29 is 8.91 Å². The summed E-state index contributed by atoms with van der Waals surface area (Å²) in [5.41, 5.74) is 4.42. The molecule has 1 saturated carbocycles. The molecule has 0 radical (unpaired) electrons. The number of carbonyl (C=O) groups excluding carboxylic acids is 1. The molecule has 1 fully saturated rings. The summed E-state index contributed by atoms with van der Waals surface area (Å²) >= 11 is 6.40. The molecule has 1 aliphatic heterocycles. The molecule has 2 aliphatic rings. The number of benzene rings is 2. The number of aryl methyl sites for hydroxylation is 1. The van der Waals surface area contributed by atoms with Crippen molar-refractivity contribution in [2.45, 2.75) is 51.0 Å². The van der Waals surface area contributed by atoms with E-state index in [4.69, 9.17) is 20.7 Å². The second kappa shape index (κ2) is 10.9. The zero-order valence-corrected chi connectivity index (χ0v) is 24.2. The molecule has 0 saturated heterocycles. The third-order valence-corrected chi connectivity index (χ3v) is 8.53. The van der Waals surface area contributed by atoms with Crippen LogP contribution in [-0.4, -0.2) is 40.2 Å². The number of hydrogen-bond donors (Lipinski definition) is 1. The average molecular weight is 598 g/mol. The highest BCUT2D eigenvalue weighted by Crippen LogP contribution is 2.39. The van der Waals surface area contributed by atoms with Gasteiger partial charge in [-0.2, -0.15) is 5.10 Å². The van der Waals surface area contributed by atoms with Gasteiger partial charge in [0.1, 0.15) is 0 Å². The summed E-state index contributed by atoms with van der Waals surface area (Å²) in [4.78, 5) is 31.7. The van der Waals surface area contributed by atoms with Crippen molar-refractivity contribution in [2.75, 3.05) is 5.32 Å². The molecule has 1 aliphatic carbocycles. The number of amides is 1. The smallest absolute Gasteiger partial charge is 0.254 e. The quantitative estimate of drug-likeness (QED) is 0.281. The third kappa shape index (κ3) is 5.27. The Hall–Kier alpha value is -4.57. The molecule has 0 spiro atoms. The van der Waals surface area contributed by atoms with Gasteiger partial charge in [-0.25, -0.2) is 9.67 Å². The van der Waals surface area contributed by atoms with Crippen LogP contribution in [0.4, 0.5) is 5.69 Å². The highest BCUT2D eigenvalue weighted by Gasteiger charge is 2.27. The number of carbonyl (C=O) groups is 1. The highest BCUT2D eigenvalue weighted by atomic mass is 35.5. The van der Waals surface area contributed by atoms with Crippen molar-refractivity contribution in [3.63, 3.8) is 0 Å². The van der Waals surface area contributed by atoms with Gasteiger partial charge in [0, 0.05) is 45.1 Å². The van der Waals surface area contributed by atoms with Gasteiger partial charge < -0.3 is 5.32 Å². The fraction of sp³-hybridized carbons (Fsp3) is 0.312. The van der Waals surface area contributed by atoms with E-state index in [0.29, 0.717) is 58.4 Å². The minimum atomic E-state index is -2.57. The molecule has 218 valence electrons. The fourth-order valence-electron chi connectivity index (χ4n) is 5.75. The van der Waals surface area contributed by atoms with Crippen molar-refractivity contribution in [3.05, 3.63) is 93.9 Å². The lowest BCUT2D eigenvalue weighted by molar-refractivity contribution is -0.119. The summed E-state index contributed by atoms with van der Waals surface area (Å²) in [6.45, 7) is -0.741. The summed E-state index contributed by atoms with van der Waals surface area (Å²) in [5.74, 6) is -0.135. The first kappa shape index (κ1) is 23.9. The lowest BCUT2D eigenvalue weighted by atomic mass is 9.94. The largest absolute Gasteiger partial charge is 0.323 e. The number of aromatic nitrogens is 7. The van der Waals surface area contributed by atoms with E-state index in [1.165, 1.54) is 18.6 Å². The number of fused-ring (bicyclic) bond motifs is 4. The average Bonchev–Trinajstić information content (AvgIpc) is 3.59. The second-order valence-electron chi connectivity index (χ2n) is 11.3. The van der Waals surface area contributed by atoms with Crippen LogP contribution in [0.5, 0.6) is 0 Å². The Morgan fingerprint density at radius 1 is 1.07 bits per heavy atom. The van der Waals surface area contributed by atoms with Crippen molar-refractivity contribution in [1.82, 2.24) is 34.3 Å². The zero-order valence-electron chi connectivity index (χ0n) is 26.4. The molecule has 0 unspecified atom stereocenters. The van der Waals surface area contributed by atoms with Crippen LogP contribution >= 0.6 is 11.6 Å². The highest BCUT2D eigenvalue weighted by molar-refractivity contribution is 6.31. The molecule has 2 bridgehead atoms. The van der Waals surface area contributed by atoms with E-state index in [9.17, 15) is 9.59 Å². The van der Waals surface area contributed by atoms with Crippen LogP contribution in [0.25, 0.3) is 28.2 Å². The molecule has 1 amide bonds. The molecular weight excluding hydrogens is 564 g/mol. The Morgan fingerprint density at radius 3 is 2.77 bits per heavy atom. The van der Waals surface area contributed by atoms with Gasteiger partial charge in [-0.15, -0.1) is 5.10 Å². The molecule has 2 aromatic carbocycles.